The molecule has 0 unspecified atom stereocenters. The summed E-state index contributed by atoms with van der Waals surface area (Å²) in [5, 5.41) is 8.19. The normalized spacial score (nSPS) is 9.78. The third-order valence-electron chi connectivity index (χ3n) is 0.610. The summed E-state index contributed by atoms with van der Waals surface area (Å²) in [5.74, 6) is -0.465. The van der Waals surface area contributed by atoms with Gasteiger partial charge in [0.2, 0.25) is 0 Å². The summed E-state index contributed by atoms with van der Waals surface area (Å²) in [6.07, 6.45) is 0.972. The van der Waals surface area contributed by atoms with E-state index in [1.165, 1.54) is 0 Å². The van der Waals surface area contributed by atoms with Gasteiger partial charge in [-0.05, 0) is 13.8 Å². The lowest BCUT2D eigenvalue weighted by Crippen LogP contribution is -2.12. The van der Waals surface area contributed by atoms with Gasteiger partial charge >= 0.3 is 5.97 Å². The van der Waals surface area contributed by atoms with Gasteiger partial charge in [0.15, 0.2) is 0 Å². The van der Waals surface area contributed by atoms with E-state index in [1.54, 1.807) is 13.8 Å². The highest BCUT2D eigenvalue weighted by molar-refractivity contribution is 5.78. The molecule has 1 N–H and O–H groups in total. The minimum Gasteiger partial charge on any atom is -0.463 e. The summed E-state index contributed by atoms with van der Waals surface area (Å²) in [6, 6.07) is 0. The Hall–Kier alpha value is -0.570. The highest BCUT2D eigenvalue weighted by Crippen LogP contribution is 1.90. The van der Waals surface area contributed by atoms with E-state index < -0.39 is 5.97 Å². The highest BCUT2D eigenvalue weighted by atomic mass is 16.5. The molecule has 9 heavy (non-hydrogen) atoms. The Bertz CT molecular complexity index is 88.3. The summed E-state index contributed by atoms with van der Waals surface area (Å²) in [4.78, 5) is 10.4. The van der Waals surface area contributed by atoms with Crippen LogP contribution < -0.4 is 0 Å². The van der Waals surface area contributed by atoms with Crippen molar-refractivity contribution in [2.45, 2.75) is 20.0 Å². The predicted molar refractivity (Wildman–Crippen MR) is 32.6 cm³/mol. The van der Waals surface area contributed by atoms with Gasteiger partial charge in [0, 0.05) is 0 Å². The monoisotopic (exact) mass is 131 g/mol. The van der Waals surface area contributed by atoms with Crippen molar-refractivity contribution in [3.05, 3.63) is 6.42 Å². The molecule has 53 valence electrons. The number of ether oxygens (including phenoxy) is 1. The van der Waals surface area contributed by atoms with Crippen molar-refractivity contribution in [1.82, 2.24) is 0 Å². The van der Waals surface area contributed by atoms with Gasteiger partial charge in [-0.2, -0.15) is 0 Å². The topological polar surface area (TPSA) is 46.5 Å². The summed E-state index contributed by atoms with van der Waals surface area (Å²) in [6.45, 7) is 3.25. The molecule has 0 spiro atoms. The van der Waals surface area contributed by atoms with Crippen LogP contribution in [0.25, 0.3) is 0 Å². The zero-order valence-corrected chi connectivity index (χ0v) is 5.63. The largest absolute Gasteiger partial charge is 0.463 e. The molecule has 0 aromatic rings. The third kappa shape index (κ3) is 5.30. The first-order valence-electron chi connectivity index (χ1n) is 2.81. The zero-order valence-electron chi connectivity index (χ0n) is 5.63. The van der Waals surface area contributed by atoms with Crippen molar-refractivity contribution in [2.24, 2.45) is 0 Å². The molecule has 0 bridgehead atoms. The number of rotatable bonds is 3. The van der Waals surface area contributed by atoms with Crippen molar-refractivity contribution in [2.75, 3.05) is 6.61 Å². The molecule has 0 aromatic carbocycles. The molecule has 1 radical (unpaired) electrons. The minimum atomic E-state index is -0.465. The van der Waals surface area contributed by atoms with Gasteiger partial charge in [-0.25, -0.2) is 0 Å². The second-order valence-electron chi connectivity index (χ2n) is 1.87. The fourth-order valence-corrected chi connectivity index (χ4v) is 0.355. The Labute approximate surface area is 54.6 Å². The van der Waals surface area contributed by atoms with Crippen LogP contribution >= 0.6 is 0 Å². The van der Waals surface area contributed by atoms with Gasteiger partial charge in [-0.3, -0.25) is 4.79 Å². The number of hydrogen-bond donors (Lipinski definition) is 1. The molecule has 0 saturated carbocycles. The van der Waals surface area contributed by atoms with Crippen LogP contribution in [0.2, 0.25) is 0 Å². The van der Waals surface area contributed by atoms with Crippen molar-refractivity contribution < 1.29 is 14.6 Å². The Kier molecular flexibility index (Phi) is 4.05. The number of carbonyl (C=O) groups is 1. The fraction of sp³-hybridized carbons (Fsp3) is 0.667. The van der Waals surface area contributed by atoms with Crippen LogP contribution in [-0.2, 0) is 9.53 Å². The molecule has 0 amide bonds. The lowest BCUT2D eigenvalue weighted by molar-refractivity contribution is -0.143. The van der Waals surface area contributed by atoms with Crippen LogP contribution in [0.3, 0.4) is 0 Å². The van der Waals surface area contributed by atoms with Crippen LogP contribution in [-0.4, -0.2) is 23.8 Å². The van der Waals surface area contributed by atoms with Crippen LogP contribution in [0.1, 0.15) is 13.8 Å². The molecule has 0 aromatic heterocycles. The second-order valence-corrected chi connectivity index (χ2v) is 1.87. The number of aliphatic hydroxyl groups excluding tert-OH is 1. The van der Waals surface area contributed by atoms with E-state index in [-0.39, 0.29) is 12.7 Å². The molecule has 0 aliphatic heterocycles. The SMILES string of the molecule is CC(C)OC(=O)[CH]CO. The van der Waals surface area contributed by atoms with E-state index in [1.807, 2.05) is 0 Å². The maximum Gasteiger partial charge on any atom is 0.312 e. The van der Waals surface area contributed by atoms with Crippen molar-refractivity contribution in [3.63, 3.8) is 0 Å². The maximum atomic E-state index is 10.4. The van der Waals surface area contributed by atoms with Crippen LogP contribution in [0.5, 0.6) is 0 Å². The molecule has 0 fully saturated rings. The predicted octanol–water partition coefficient (Wildman–Crippen LogP) is 0.135. The average molecular weight is 131 g/mol. The van der Waals surface area contributed by atoms with Gasteiger partial charge < -0.3 is 9.84 Å². The van der Waals surface area contributed by atoms with Gasteiger partial charge in [-0.1, -0.05) is 0 Å². The van der Waals surface area contributed by atoms with E-state index in [9.17, 15) is 4.79 Å². The van der Waals surface area contributed by atoms with Crippen molar-refractivity contribution in [3.8, 4) is 0 Å². The van der Waals surface area contributed by atoms with E-state index in [0.717, 1.165) is 6.42 Å². The van der Waals surface area contributed by atoms with Crippen LogP contribution in [0, 0.1) is 6.42 Å². The standard InChI is InChI=1S/C6H11O3/c1-5(2)9-6(8)3-4-7/h3,5,7H,4H2,1-2H3. The van der Waals surface area contributed by atoms with Gasteiger partial charge in [0.05, 0.1) is 19.1 Å². The van der Waals surface area contributed by atoms with E-state index >= 15 is 0 Å². The Morgan fingerprint density at radius 2 is 2.33 bits per heavy atom. The fourth-order valence-electron chi connectivity index (χ4n) is 0.355. The number of hydrogen-bond acceptors (Lipinski definition) is 3. The summed E-state index contributed by atoms with van der Waals surface area (Å²) in [7, 11) is 0. The van der Waals surface area contributed by atoms with Gasteiger partial charge in [0.25, 0.3) is 0 Å². The summed E-state index contributed by atoms with van der Waals surface area (Å²) >= 11 is 0. The van der Waals surface area contributed by atoms with E-state index in [2.05, 4.69) is 4.74 Å². The molecular formula is C6H11O3. The lowest BCUT2D eigenvalue weighted by Gasteiger charge is -2.04. The summed E-state index contributed by atoms with van der Waals surface area (Å²) in [5.41, 5.74) is 0. The van der Waals surface area contributed by atoms with Crippen molar-refractivity contribution in [1.29, 1.82) is 0 Å². The maximum absolute atomic E-state index is 10.4. The lowest BCUT2D eigenvalue weighted by atomic mass is 10.4. The molecule has 0 rings (SSSR count). The molecule has 0 aliphatic rings. The van der Waals surface area contributed by atoms with Crippen LogP contribution in [0.4, 0.5) is 0 Å². The van der Waals surface area contributed by atoms with Crippen LogP contribution in [0.15, 0.2) is 0 Å². The average Bonchev–Trinajstić information content (AvgIpc) is 1.63. The second kappa shape index (κ2) is 4.32. The third-order valence-corrected chi connectivity index (χ3v) is 0.610. The highest BCUT2D eigenvalue weighted by Gasteiger charge is 2.02. The molecule has 0 aliphatic carbocycles. The smallest absolute Gasteiger partial charge is 0.312 e. The first-order valence-corrected chi connectivity index (χ1v) is 2.81. The Morgan fingerprint density at radius 3 is 2.67 bits per heavy atom. The van der Waals surface area contributed by atoms with Gasteiger partial charge in [0.1, 0.15) is 0 Å². The van der Waals surface area contributed by atoms with Gasteiger partial charge in [-0.15, -0.1) is 0 Å². The Balaban J connectivity index is 3.27. The molecule has 3 heteroatoms. The molecule has 0 saturated heterocycles. The van der Waals surface area contributed by atoms with E-state index in [0.29, 0.717) is 0 Å². The number of aliphatic hydroxyl groups is 1. The summed E-state index contributed by atoms with van der Waals surface area (Å²) < 4.78 is 4.64. The molecular weight excluding hydrogens is 120 g/mol. The number of esters is 1. The van der Waals surface area contributed by atoms with E-state index in [4.69, 9.17) is 5.11 Å². The molecule has 0 heterocycles. The molecule has 3 nitrogen and oxygen atoms in total. The minimum absolute atomic E-state index is 0.111. The number of carbonyl (C=O) groups excluding carboxylic acids is 1. The zero-order chi connectivity index (χ0) is 7.28. The Morgan fingerprint density at radius 1 is 1.78 bits per heavy atom. The first kappa shape index (κ1) is 8.43. The quantitative estimate of drug-likeness (QED) is 0.554. The molecule has 0 atom stereocenters. The first-order chi connectivity index (χ1) is 4.16. The van der Waals surface area contributed by atoms with Crippen molar-refractivity contribution >= 4 is 5.97 Å².